The van der Waals surface area contributed by atoms with Crippen LogP contribution in [0.5, 0.6) is 0 Å². The van der Waals surface area contributed by atoms with Crippen molar-refractivity contribution < 1.29 is 9.08 Å². The molecule has 1 rings (SSSR count). The molecule has 0 aliphatic heterocycles. The third kappa shape index (κ3) is 2.18. The van der Waals surface area contributed by atoms with Gasteiger partial charge in [-0.2, -0.15) is 0 Å². The van der Waals surface area contributed by atoms with Crippen LogP contribution in [0.1, 0.15) is 32.1 Å². The zero-order chi connectivity index (χ0) is 7.40. The maximum absolute atomic E-state index is 10.6. The molecule has 0 aromatic carbocycles. The lowest BCUT2D eigenvalue weighted by Crippen LogP contribution is -2.04. The Balaban J connectivity index is 2.17. The minimum absolute atomic E-state index is 0.284. The van der Waals surface area contributed by atoms with E-state index in [1.165, 1.54) is 12.8 Å². The molecule has 0 aromatic heterocycles. The minimum atomic E-state index is -0.284. The normalized spacial score (nSPS) is 19.3. The fourth-order valence-electron chi connectivity index (χ4n) is 1.48. The van der Waals surface area contributed by atoms with Crippen LogP contribution in [0.2, 0.25) is 0 Å². The van der Waals surface area contributed by atoms with Gasteiger partial charge < -0.3 is 4.29 Å². The standard InChI is InChI=1S/C7H11ClO2/c8-10-7(9)5-6-3-1-2-4-6/h6H,1-5H2. The fraction of sp³-hybridized carbons (Fsp3) is 0.857. The van der Waals surface area contributed by atoms with Crippen molar-refractivity contribution in [3.05, 3.63) is 0 Å². The predicted molar refractivity (Wildman–Crippen MR) is 38.5 cm³/mol. The van der Waals surface area contributed by atoms with Crippen LogP contribution >= 0.6 is 11.9 Å². The van der Waals surface area contributed by atoms with E-state index in [0.29, 0.717) is 12.3 Å². The van der Waals surface area contributed by atoms with Gasteiger partial charge in [0.05, 0.1) is 0 Å². The number of hydrogen-bond acceptors (Lipinski definition) is 2. The van der Waals surface area contributed by atoms with Crippen molar-refractivity contribution in [2.75, 3.05) is 0 Å². The van der Waals surface area contributed by atoms with E-state index in [2.05, 4.69) is 4.29 Å². The summed E-state index contributed by atoms with van der Waals surface area (Å²) in [5.74, 6) is 0.250. The molecule has 10 heavy (non-hydrogen) atoms. The van der Waals surface area contributed by atoms with E-state index in [-0.39, 0.29) is 5.97 Å². The van der Waals surface area contributed by atoms with Gasteiger partial charge in [-0.15, -0.1) is 0 Å². The third-order valence-corrected chi connectivity index (χ3v) is 2.19. The van der Waals surface area contributed by atoms with Gasteiger partial charge in [-0.3, -0.25) is 4.79 Å². The molecule has 58 valence electrons. The van der Waals surface area contributed by atoms with E-state index >= 15 is 0 Å². The molecule has 0 bridgehead atoms. The topological polar surface area (TPSA) is 26.3 Å². The average molecular weight is 163 g/mol. The Morgan fingerprint density at radius 2 is 2.10 bits per heavy atom. The van der Waals surface area contributed by atoms with Crippen LogP contribution in [0.4, 0.5) is 0 Å². The van der Waals surface area contributed by atoms with E-state index in [1.807, 2.05) is 0 Å². The Hall–Kier alpha value is -0.240. The predicted octanol–water partition coefficient (Wildman–Crippen LogP) is 2.26. The highest BCUT2D eigenvalue weighted by Gasteiger charge is 2.18. The minimum Gasteiger partial charge on any atom is -0.348 e. The summed E-state index contributed by atoms with van der Waals surface area (Å²) >= 11 is 4.88. The molecule has 0 spiro atoms. The molecule has 0 heterocycles. The molecule has 0 amide bonds. The molecule has 0 radical (unpaired) electrons. The van der Waals surface area contributed by atoms with Crippen LogP contribution in [-0.2, 0) is 9.08 Å². The van der Waals surface area contributed by atoms with Gasteiger partial charge in [0.25, 0.3) is 0 Å². The molecule has 0 atom stereocenters. The van der Waals surface area contributed by atoms with Gasteiger partial charge in [-0.1, -0.05) is 12.8 Å². The van der Waals surface area contributed by atoms with E-state index in [0.717, 1.165) is 12.8 Å². The highest BCUT2D eigenvalue weighted by atomic mass is 35.5. The molecule has 1 aliphatic rings. The van der Waals surface area contributed by atoms with Crippen molar-refractivity contribution in [1.29, 1.82) is 0 Å². The van der Waals surface area contributed by atoms with Crippen LogP contribution < -0.4 is 0 Å². The average Bonchev–Trinajstić information content (AvgIpc) is 2.40. The second-order valence-corrected chi connectivity index (χ2v) is 2.96. The van der Waals surface area contributed by atoms with Crippen molar-refractivity contribution in [1.82, 2.24) is 0 Å². The number of hydrogen-bond donors (Lipinski definition) is 0. The van der Waals surface area contributed by atoms with Gasteiger partial charge in [0.2, 0.25) is 0 Å². The van der Waals surface area contributed by atoms with Gasteiger partial charge in [0, 0.05) is 6.42 Å². The van der Waals surface area contributed by atoms with Crippen LogP contribution in [0.25, 0.3) is 0 Å². The molecule has 0 saturated heterocycles. The van der Waals surface area contributed by atoms with Gasteiger partial charge in [0.1, 0.15) is 11.9 Å². The Bertz CT molecular complexity index is 119. The Morgan fingerprint density at radius 1 is 1.50 bits per heavy atom. The van der Waals surface area contributed by atoms with Crippen molar-refractivity contribution in [3.63, 3.8) is 0 Å². The molecule has 1 fully saturated rings. The third-order valence-electron chi connectivity index (χ3n) is 2.02. The highest BCUT2D eigenvalue weighted by molar-refractivity contribution is 6.13. The van der Waals surface area contributed by atoms with Crippen LogP contribution in [0.3, 0.4) is 0 Å². The first kappa shape index (κ1) is 7.86. The molecule has 0 unspecified atom stereocenters. The second kappa shape index (κ2) is 3.81. The highest BCUT2D eigenvalue weighted by Crippen LogP contribution is 2.27. The molecule has 2 nitrogen and oxygen atoms in total. The SMILES string of the molecule is O=C(CC1CCCC1)OCl. The maximum Gasteiger partial charge on any atom is 0.325 e. The molecule has 1 saturated carbocycles. The first-order valence-electron chi connectivity index (χ1n) is 3.64. The Labute approximate surface area is 65.7 Å². The fourth-order valence-corrected chi connectivity index (χ4v) is 1.54. The number of rotatable bonds is 2. The van der Waals surface area contributed by atoms with E-state index < -0.39 is 0 Å². The molecule has 0 aromatic rings. The van der Waals surface area contributed by atoms with Crippen molar-refractivity contribution in [2.45, 2.75) is 32.1 Å². The first-order chi connectivity index (χ1) is 4.83. The van der Waals surface area contributed by atoms with Crippen LogP contribution in [0, 0.1) is 5.92 Å². The summed E-state index contributed by atoms with van der Waals surface area (Å²) in [4.78, 5) is 10.6. The van der Waals surface area contributed by atoms with Gasteiger partial charge >= 0.3 is 5.97 Å². The van der Waals surface area contributed by atoms with Crippen molar-refractivity contribution in [2.24, 2.45) is 5.92 Å². The summed E-state index contributed by atoms with van der Waals surface area (Å²) < 4.78 is 4.05. The van der Waals surface area contributed by atoms with Gasteiger partial charge in [0.15, 0.2) is 0 Å². The summed E-state index contributed by atoms with van der Waals surface area (Å²) in [5, 5.41) is 0. The van der Waals surface area contributed by atoms with Crippen LogP contribution in [0.15, 0.2) is 0 Å². The summed E-state index contributed by atoms with van der Waals surface area (Å²) in [6, 6.07) is 0. The summed E-state index contributed by atoms with van der Waals surface area (Å²) in [5.41, 5.74) is 0. The van der Waals surface area contributed by atoms with Gasteiger partial charge in [-0.05, 0) is 18.8 Å². The number of halogens is 1. The summed E-state index contributed by atoms with van der Waals surface area (Å²) in [6.45, 7) is 0. The lowest BCUT2D eigenvalue weighted by molar-refractivity contribution is -0.134. The van der Waals surface area contributed by atoms with E-state index in [1.54, 1.807) is 0 Å². The monoisotopic (exact) mass is 162 g/mol. The number of carbonyl (C=O) groups is 1. The Morgan fingerprint density at radius 3 is 2.60 bits per heavy atom. The Kier molecular flexibility index (Phi) is 3.00. The zero-order valence-electron chi connectivity index (χ0n) is 5.81. The largest absolute Gasteiger partial charge is 0.348 e. The van der Waals surface area contributed by atoms with Crippen LogP contribution in [-0.4, -0.2) is 5.97 Å². The quantitative estimate of drug-likeness (QED) is 0.623. The lowest BCUT2D eigenvalue weighted by atomic mass is 10.1. The number of carbonyl (C=O) groups excluding carboxylic acids is 1. The van der Waals surface area contributed by atoms with E-state index in [4.69, 9.17) is 11.9 Å². The molecular weight excluding hydrogens is 152 g/mol. The first-order valence-corrected chi connectivity index (χ1v) is 3.95. The molecular formula is C7H11ClO2. The van der Waals surface area contributed by atoms with E-state index in [9.17, 15) is 4.79 Å². The van der Waals surface area contributed by atoms with Gasteiger partial charge in [-0.25, -0.2) is 0 Å². The molecule has 3 heteroatoms. The summed E-state index contributed by atoms with van der Waals surface area (Å²) in [6.07, 6.45) is 5.32. The smallest absolute Gasteiger partial charge is 0.325 e. The second-order valence-electron chi connectivity index (χ2n) is 2.80. The van der Waals surface area contributed by atoms with Crippen molar-refractivity contribution in [3.8, 4) is 0 Å². The molecule has 1 aliphatic carbocycles. The van der Waals surface area contributed by atoms with Crippen molar-refractivity contribution >= 4 is 17.8 Å². The maximum atomic E-state index is 10.6. The lowest BCUT2D eigenvalue weighted by Gasteiger charge is -2.03. The summed E-state index contributed by atoms with van der Waals surface area (Å²) in [7, 11) is 0. The zero-order valence-corrected chi connectivity index (χ0v) is 6.56. The molecule has 0 N–H and O–H groups in total.